The van der Waals surface area contributed by atoms with Crippen LogP contribution in [0.2, 0.25) is 0 Å². The summed E-state index contributed by atoms with van der Waals surface area (Å²) in [7, 11) is 0. The van der Waals surface area contributed by atoms with Gasteiger partial charge in [0, 0.05) is 0 Å². The van der Waals surface area contributed by atoms with Gasteiger partial charge in [-0.25, -0.2) is 0 Å². The zero-order valence-electron chi connectivity index (χ0n) is 8.29. The van der Waals surface area contributed by atoms with E-state index in [1.165, 1.54) is 0 Å². The minimum absolute atomic E-state index is 0.0716. The maximum absolute atomic E-state index is 9.31. The Morgan fingerprint density at radius 2 is 2.38 bits per heavy atom. The summed E-state index contributed by atoms with van der Waals surface area (Å²) < 4.78 is 0. The van der Waals surface area contributed by atoms with E-state index >= 15 is 0 Å². The highest BCUT2D eigenvalue weighted by Gasteiger charge is 2.22. The Kier molecular flexibility index (Phi) is 4.27. The number of rotatable bonds is 4. The van der Waals surface area contributed by atoms with Gasteiger partial charge in [0.2, 0.25) is 0 Å². The Morgan fingerprint density at radius 3 is 2.85 bits per heavy atom. The first-order chi connectivity index (χ1) is 6.26. The zero-order chi connectivity index (χ0) is 9.68. The van der Waals surface area contributed by atoms with Crippen molar-refractivity contribution in [1.29, 1.82) is 0 Å². The average molecular weight is 181 g/mol. The van der Waals surface area contributed by atoms with E-state index in [0.717, 1.165) is 32.2 Å². The van der Waals surface area contributed by atoms with Gasteiger partial charge in [-0.05, 0) is 38.1 Å². The van der Waals surface area contributed by atoms with E-state index in [-0.39, 0.29) is 12.1 Å². The summed E-state index contributed by atoms with van der Waals surface area (Å²) in [5, 5.41) is 12.6. The Labute approximate surface area is 80.7 Å². The van der Waals surface area contributed by atoms with Crippen LogP contribution in [0.3, 0.4) is 0 Å². The third-order valence-electron chi connectivity index (χ3n) is 2.78. The minimum Gasteiger partial charge on any atom is -0.393 e. The summed E-state index contributed by atoms with van der Waals surface area (Å²) in [5.74, 6) is 3.34. The van der Waals surface area contributed by atoms with Crippen molar-refractivity contribution in [1.82, 2.24) is 5.32 Å². The summed E-state index contributed by atoms with van der Waals surface area (Å²) in [5.41, 5.74) is 0. The lowest BCUT2D eigenvalue weighted by atomic mass is 10.1. The predicted octanol–water partition coefficient (Wildman–Crippen LogP) is 1.15. The first-order valence-electron chi connectivity index (χ1n) is 5.13. The van der Waals surface area contributed by atoms with Crippen molar-refractivity contribution in [2.75, 3.05) is 6.54 Å². The third kappa shape index (κ3) is 3.38. The molecule has 1 aliphatic carbocycles. The van der Waals surface area contributed by atoms with Crippen molar-refractivity contribution in [3.05, 3.63) is 0 Å². The van der Waals surface area contributed by atoms with Gasteiger partial charge in [-0.3, -0.25) is 0 Å². The number of nitrogens with one attached hydrogen (secondary N) is 1. The highest BCUT2D eigenvalue weighted by molar-refractivity contribution is 4.98. The number of terminal acetylenes is 1. The summed E-state index contributed by atoms with van der Waals surface area (Å²) in [4.78, 5) is 0. The molecule has 0 spiro atoms. The van der Waals surface area contributed by atoms with Crippen LogP contribution < -0.4 is 5.32 Å². The molecule has 1 aliphatic rings. The molecule has 0 amide bonds. The molecule has 0 aliphatic heterocycles. The molecule has 13 heavy (non-hydrogen) atoms. The van der Waals surface area contributed by atoms with Crippen molar-refractivity contribution in [2.24, 2.45) is 5.92 Å². The van der Waals surface area contributed by atoms with Gasteiger partial charge in [0.25, 0.3) is 0 Å². The Morgan fingerprint density at radius 1 is 1.62 bits per heavy atom. The van der Waals surface area contributed by atoms with E-state index in [4.69, 9.17) is 6.42 Å². The molecular weight excluding hydrogens is 162 g/mol. The number of hydrogen-bond acceptors (Lipinski definition) is 2. The quantitative estimate of drug-likeness (QED) is 0.638. The maximum atomic E-state index is 9.31. The Hall–Kier alpha value is -0.520. The highest BCUT2D eigenvalue weighted by Crippen LogP contribution is 2.24. The molecular formula is C11H19NO. The fourth-order valence-corrected chi connectivity index (χ4v) is 1.86. The standard InChI is InChI=1S/C11H19NO/c1-3-10(4-2)12-8-9-5-6-11(13)7-9/h1,9-13H,4-8H2,2H3. The van der Waals surface area contributed by atoms with E-state index in [2.05, 4.69) is 18.2 Å². The predicted molar refractivity (Wildman–Crippen MR) is 54.3 cm³/mol. The van der Waals surface area contributed by atoms with E-state index in [1.807, 2.05) is 0 Å². The van der Waals surface area contributed by atoms with Crippen LogP contribution in [0, 0.1) is 18.3 Å². The molecule has 0 bridgehead atoms. The molecule has 2 nitrogen and oxygen atoms in total. The third-order valence-corrected chi connectivity index (χ3v) is 2.78. The van der Waals surface area contributed by atoms with E-state index in [9.17, 15) is 5.11 Å². The lowest BCUT2D eigenvalue weighted by molar-refractivity contribution is 0.177. The molecule has 0 aromatic heterocycles. The second-order valence-corrected chi connectivity index (χ2v) is 3.87. The fraction of sp³-hybridized carbons (Fsp3) is 0.818. The molecule has 1 saturated carbocycles. The number of aliphatic hydroxyl groups is 1. The molecule has 2 heteroatoms. The molecule has 0 aromatic carbocycles. The van der Waals surface area contributed by atoms with Crippen LogP contribution in [0.15, 0.2) is 0 Å². The molecule has 3 unspecified atom stereocenters. The molecule has 74 valence electrons. The average Bonchev–Trinajstić information content (AvgIpc) is 2.53. The second-order valence-electron chi connectivity index (χ2n) is 3.87. The summed E-state index contributed by atoms with van der Waals surface area (Å²) in [6.07, 6.45) is 9.27. The van der Waals surface area contributed by atoms with Crippen LogP contribution in [-0.4, -0.2) is 23.8 Å². The molecule has 0 heterocycles. The van der Waals surface area contributed by atoms with Crippen LogP contribution >= 0.6 is 0 Å². The van der Waals surface area contributed by atoms with Gasteiger partial charge in [0.1, 0.15) is 0 Å². The fourth-order valence-electron chi connectivity index (χ4n) is 1.86. The maximum Gasteiger partial charge on any atom is 0.0684 e. The topological polar surface area (TPSA) is 32.3 Å². The first-order valence-corrected chi connectivity index (χ1v) is 5.13. The summed E-state index contributed by atoms with van der Waals surface area (Å²) >= 11 is 0. The van der Waals surface area contributed by atoms with Gasteiger partial charge in [-0.15, -0.1) is 6.42 Å². The molecule has 1 fully saturated rings. The molecule has 0 saturated heterocycles. The van der Waals surface area contributed by atoms with Crippen molar-refractivity contribution in [2.45, 2.75) is 44.8 Å². The largest absolute Gasteiger partial charge is 0.393 e. The molecule has 0 aromatic rings. The molecule has 0 radical (unpaired) electrons. The van der Waals surface area contributed by atoms with E-state index in [1.54, 1.807) is 0 Å². The Balaban J connectivity index is 2.16. The lowest BCUT2D eigenvalue weighted by Crippen LogP contribution is -2.31. The van der Waals surface area contributed by atoms with E-state index in [0.29, 0.717) is 5.92 Å². The van der Waals surface area contributed by atoms with Gasteiger partial charge in [-0.2, -0.15) is 0 Å². The smallest absolute Gasteiger partial charge is 0.0684 e. The van der Waals surface area contributed by atoms with Crippen molar-refractivity contribution >= 4 is 0 Å². The van der Waals surface area contributed by atoms with Crippen LogP contribution in [0.4, 0.5) is 0 Å². The van der Waals surface area contributed by atoms with Crippen LogP contribution in [0.25, 0.3) is 0 Å². The van der Waals surface area contributed by atoms with Crippen LogP contribution in [0.5, 0.6) is 0 Å². The summed E-state index contributed by atoms with van der Waals surface area (Å²) in [6, 6.07) is 0.206. The van der Waals surface area contributed by atoms with Gasteiger partial charge in [0.15, 0.2) is 0 Å². The second kappa shape index (κ2) is 5.26. The van der Waals surface area contributed by atoms with Crippen LogP contribution in [-0.2, 0) is 0 Å². The van der Waals surface area contributed by atoms with Gasteiger partial charge in [-0.1, -0.05) is 12.8 Å². The molecule has 1 rings (SSSR count). The van der Waals surface area contributed by atoms with Gasteiger partial charge < -0.3 is 10.4 Å². The zero-order valence-corrected chi connectivity index (χ0v) is 8.29. The molecule has 3 atom stereocenters. The highest BCUT2D eigenvalue weighted by atomic mass is 16.3. The number of aliphatic hydroxyl groups excluding tert-OH is 1. The van der Waals surface area contributed by atoms with Crippen molar-refractivity contribution in [3.63, 3.8) is 0 Å². The van der Waals surface area contributed by atoms with Crippen LogP contribution in [0.1, 0.15) is 32.6 Å². The van der Waals surface area contributed by atoms with Gasteiger partial charge >= 0.3 is 0 Å². The lowest BCUT2D eigenvalue weighted by Gasteiger charge is -2.14. The Bertz CT molecular complexity index is 185. The molecule has 2 N–H and O–H groups in total. The monoisotopic (exact) mass is 181 g/mol. The SMILES string of the molecule is C#CC(CC)NCC1CCC(O)C1. The van der Waals surface area contributed by atoms with E-state index < -0.39 is 0 Å². The number of hydrogen-bond donors (Lipinski definition) is 2. The minimum atomic E-state index is -0.0716. The van der Waals surface area contributed by atoms with Crippen molar-refractivity contribution < 1.29 is 5.11 Å². The van der Waals surface area contributed by atoms with Crippen molar-refractivity contribution in [3.8, 4) is 12.3 Å². The first kappa shape index (κ1) is 10.6. The normalized spacial score (nSPS) is 29.9. The van der Waals surface area contributed by atoms with Gasteiger partial charge in [0.05, 0.1) is 12.1 Å². The summed E-state index contributed by atoms with van der Waals surface area (Å²) in [6.45, 7) is 3.04.